The van der Waals surface area contributed by atoms with Crippen LogP contribution in [0, 0.1) is 20.8 Å². The van der Waals surface area contributed by atoms with E-state index in [1.54, 1.807) is 4.52 Å². The number of benzene rings is 1. The van der Waals surface area contributed by atoms with Gasteiger partial charge in [0.1, 0.15) is 11.6 Å². The van der Waals surface area contributed by atoms with Crippen molar-refractivity contribution in [1.82, 2.24) is 19.6 Å². The zero-order valence-electron chi connectivity index (χ0n) is 11.9. The first-order valence-electron chi connectivity index (χ1n) is 6.62. The number of hydrogen-bond acceptors (Lipinski definition) is 4. The molecular weight excluding hydrogens is 250 g/mol. The van der Waals surface area contributed by atoms with E-state index in [1.165, 1.54) is 11.1 Å². The number of fused-ring (bicyclic) bond motifs is 1. The molecule has 3 rings (SSSR count). The third-order valence-electron chi connectivity index (χ3n) is 3.10. The van der Waals surface area contributed by atoms with Gasteiger partial charge in [0.25, 0.3) is 5.78 Å². The predicted octanol–water partition coefficient (Wildman–Crippen LogP) is 2.66. The van der Waals surface area contributed by atoms with E-state index >= 15 is 0 Å². The quantitative estimate of drug-likeness (QED) is 0.792. The molecule has 0 unspecified atom stereocenters. The van der Waals surface area contributed by atoms with Crippen LogP contribution in [0.3, 0.4) is 0 Å². The van der Waals surface area contributed by atoms with Crippen LogP contribution in [-0.4, -0.2) is 19.6 Å². The van der Waals surface area contributed by atoms with Gasteiger partial charge in [-0.1, -0.05) is 29.8 Å². The van der Waals surface area contributed by atoms with Gasteiger partial charge in [-0.15, -0.1) is 5.10 Å². The fraction of sp³-hybridized carbons (Fsp3) is 0.267. The average Bonchev–Trinajstić information content (AvgIpc) is 2.76. The van der Waals surface area contributed by atoms with Crippen molar-refractivity contribution in [2.45, 2.75) is 27.3 Å². The Balaban J connectivity index is 1.90. The Morgan fingerprint density at radius 2 is 1.95 bits per heavy atom. The van der Waals surface area contributed by atoms with Crippen molar-refractivity contribution in [2.75, 3.05) is 5.32 Å². The van der Waals surface area contributed by atoms with E-state index < -0.39 is 0 Å². The molecule has 0 fully saturated rings. The number of hydrogen-bond donors (Lipinski definition) is 1. The smallest absolute Gasteiger partial charge is 0.254 e. The van der Waals surface area contributed by atoms with Crippen molar-refractivity contribution in [3.63, 3.8) is 0 Å². The molecule has 0 saturated heterocycles. The van der Waals surface area contributed by atoms with Crippen LogP contribution in [0.4, 0.5) is 5.82 Å². The van der Waals surface area contributed by atoms with Gasteiger partial charge in [-0.3, -0.25) is 0 Å². The van der Waals surface area contributed by atoms with E-state index in [1.807, 2.05) is 19.9 Å². The van der Waals surface area contributed by atoms with E-state index in [4.69, 9.17) is 0 Å². The van der Waals surface area contributed by atoms with E-state index in [0.29, 0.717) is 5.78 Å². The summed E-state index contributed by atoms with van der Waals surface area (Å²) in [5.41, 5.74) is 3.43. The Bertz CT molecular complexity index is 760. The third kappa shape index (κ3) is 2.47. The molecule has 0 amide bonds. The molecule has 0 spiro atoms. The summed E-state index contributed by atoms with van der Waals surface area (Å²) in [4.78, 5) is 8.68. The maximum Gasteiger partial charge on any atom is 0.254 e. The Kier molecular flexibility index (Phi) is 3.10. The first kappa shape index (κ1) is 12.6. The summed E-state index contributed by atoms with van der Waals surface area (Å²) >= 11 is 0. The SMILES string of the molecule is Cc1cccc(CNc2cc(C)nc3nc(C)nn23)c1. The minimum absolute atomic E-state index is 0.634. The normalized spacial score (nSPS) is 10.9. The Morgan fingerprint density at radius 3 is 2.75 bits per heavy atom. The molecule has 0 aliphatic heterocycles. The number of aromatic nitrogens is 4. The topological polar surface area (TPSA) is 55.1 Å². The molecule has 1 aromatic carbocycles. The van der Waals surface area contributed by atoms with Gasteiger partial charge in [-0.25, -0.2) is 4.98 Å². The minimum atomic E-state index is 0.634. The van der Waals surface area contributed by atoms with Crippen LogP contribution in [0.15, 0.2) is 30.3 Å². The van der Waals surface area contributed by atoms with Gasteiger partial charge in [0.05, 0.1) is 0 Å². The molecule has 0 saturated carbocycles. The van der Waals surface area contributed by atoms with E-state index in [2.05, 4.69) is 51.6 Å². The van der Waals surface area contributed by atoms with Crippen molar-refractivity contribution in [1.29, 1.82) is 0 Å². The van der Waals surface area contributed by atoms with Crippen molar-refractivity contribution in [3.8, 4) is 0 Å². The number of nitrogens with one attached hydrogen (secondary N) is 1. The second-order valence-corrected chi connectivity index (χ2v) is 5.00. The van der Waals surface area contributed by atoms with Gasteiger partial charge in [0.15, 0.2) is 0 Å². The molecule has 3 aromatic rings. The first-order chi connectivity index (χ1) is 9.61. The molecule has 1 N–H and O–H groups in total. The summed E-state index contributed by atoms with van der Waals surface area (Å²) in [5.74, 6) is 2.27. The molecule has 0 bridgehead atoms. The monoisotopic (exact) mass is 267 g/mol. The minimum Gasteiger partial charge on any atom is -0.366 e. The highest BCUT2D eigenvalue weighted by Gasteiger charge is 2.07. The van der Waals surface area contributed by atoms with Crippen molar-refractivity contribution >= 4 is 11.6 Å². The molecule has 0 aliphatic carbocycles. The lowest BCUT2D eigenvalue weighted by atomic mass is 10.1. The molecule has 0 radical (unpaired) electrons. The predicted molar refractivity (Wildman–Crippen MR) is 78.8 cm³/mol. The number of nitrogens with zero attached hydrogens (tertiary/aromatic N) is 4. The van der Waals surface area contributed by atoms with E-state index in [0.717, 1.165) is 23.9 Å². The molecular formula is C15H17N5. The summed E-state index contributed by atoms with van der Waals surface area (Å²) in [6, 6.07) is 10.4. The number of anilines is 1. The van der Waals surface area contributed by atoms with Gasteiger partial charge < -0.3 is 5.32 Å². The summed E-state index contributed by atoms with van der Waals surface area (Å²) < 4.78 is 1.75. The van der Waals surface area contributed by atoms with Crippen LogP contribution in [-0.2, 0) is 6.54 Å². The highest BCUT2D eigenvalue weighted by Crippen LogP contribution is 2.13. The Hall–Kier alpha value is -2.43. The molecule has 102 valence electrons. The summed E-state index contributed by atoms with van der Waals surface area (Å²) in [7, 11) is 0. The lowest BCUT2D eigenvalue weighted by Gasteiger charge is -2.09. The number of aryl methyl sites for hydroxylation is 3. The maximum atomic E-state index is 4.38. The van der Waals surface area contributed by atoms with Gasteiger partial charge in [0.2, 0.25) is 0 Å². The summed E-state index contributed by atoms with van der Waals surface area (Å²) in [5, 5.41) is 7.77. The van der Waals surface area contributed by atoms with Crippen LogP contribution >= 0.6 is 0 Å². The second-order valence-electron chi connectivity index (χ2n) is 5.00. The molecule has 0 atom stereocenters. The van der Waals surface area contributed by atoms with E-state index in [-0.39, 0.29) is 0 Å². The molecule has 2 heterocycles. The van der Waals surface area contributed by atoms with Crippen LogP contribution < -0.4 is 5.32 Å². The molecule has 5 nitrogen and oxygen atoms in total. The standard InChI is InChI=1S/C15H17N5/c1-10-5-4-6-13(7-10)9-16-14-8-11(2)17-15-18-12(3)19-20(14)15/h4-8,16H,9H2,1-3H3. The lowest BCUT2D eigenvalue weighted by Crippen LogP contribution is -2.07. The largest absolute Gasteiger partial charge is 0.366 e. The average molecular weight is 267 g/mol. The highest BCUT2D eigenvalue weighted by molar-refractivity contribution is 5.45. The highest BCUT2D eigenvalue weighted by atomic mass is 15.4. The van der Waals surface area contributed by atoms with Gasteiger partial charge in [-0.2, -0.15) is 9.50 Å². The fourth-order valence-corrected chi connectivity index (χ4v) is 2.23. The van der Waals surface area contributed by atoms with E-state index in [9.17, 15) is 0 Å². The Morgan fingerprint density at radius 1 is 1.10 bits per heavy atom. The van der Waals surface area contributed by atoms with Crippen LogP contribution in [0.25, 0.3) is 5.78 Å². The van der Waals surface area contributed by atoms with Gasteiger partial charge in [0, 0.05) is 18.3 Å². The summed E-state index contributed by atoms with van der Waals surface area (Å²) in [6.45, 7) is 6.68. The van der Waals surface area contributed by atoms with Crippen LogP contribution in [0.2, 0.25) is 0 Å². The molecule has 5 heteroatoms. The van der Waals surface area contributed by atoms with Crippen molar-refractivity contribution in [2.24, 2.45) is 0 Å². The van der Waals surface area contributed by atoms with Gasteiger partial charge in [-0.05, 0) is 26.3 Å². The van der Waals surface area contributed by atoms with Crippen LogP contribution in [0.1, 0.15) is 22.6 Å². The molecule has 20 heavy (non-hydrogen) atoms. The number of rotatable bonds is 3. The fourth-order valence-electron chi connectivity index (χ4n) is 2.23. The second kappa shape index (κ2) is 4.92. The zero-order chi connectivity index (χ0) is 14.1. The lowest BCUT2D eigenvalue weighted by molar-refractivity contribution is 0.899. The molecule has 2 aromatic heterocycles. The third-order valence-corrected chi connectivity index (χ3v) is 3.10. The van der Waals surface area contributed by atoms with Crippen molar-refractivity contribution in [3.05, 3.63) is 53.0 Å². The van der Waals surface area contributed by atoms with Gasteiger partial charge >= 0.3 is 0 Å². The summed E-state index contributed by atoms with van der Waals surface area (Å²) in [6.07, 6.45) is 0. The Labute approximate surface area is 117 Å². The zero-order valence-corrected chi connectivity index (χ0v) is 11.9. The van der Waals surface area contributed by atoms with Crippen molar-refractivity contribution < 1.29 is 0 Å². The first-order valence-corrected chi connectivity index (χ1v) is 6.62. The molecule has 0 aliphatic rings. The van der Waals surface area contributed by atoms with Crippen LogP contribution in [0.5, 0.6) is 0 Å². The maximum absolute atomic E-state index is 4.38.